The lowest BCUT2D eigenvalue weighted by Gasteiger charge is -2.28. The van der Waals surface area contributed by atoms with Gasteiger partial charge in [-0.25, -0.2) is 4.79 Å². The lowest BCUT2D eigenvalue weighted by Crippen LogP contribution is -2.41. The molecule has 1 aromatic heterocycles. The fraction of sp³-hybridized carbons (Fsp3) is 0.158. The van der Waals surface area contributed by atoms with Gasteiger partial charge in [0.05, 0.1) is 5.69 Å². The highest BCUT2D eigenvalue weighted by atomic mass is 35.5. The quantitative estimate of drug-likeness (QED) is 0.675. The molecule has 5 heteroatoms. The van der Waals surface area contributed by atoms with Crippen LogP contribution in [0.4, 0.5) is 16.2 Å². The highest BCUT2D eigenvalue weighted by Gasteiger charge is 2.20. The Labute approximate surface area is 146 Å². The molecule has 0 N–H and O–H groups in total. The second-order valence-electron chi connectivity index (χ2n) is 5.44. The molecule has 0 aliphatic rings. The SMILES string of the molecule is CCN(C(=O)N(C)c1cccc2cnccc12)c1ccc(Cl)cc1. The fourth-order valence-corrected chi connectivity index (χ4v) is 2.86. The third-order valence-corrected chi connectivity index (χ3v) is 4.24. The highest BCUT2D eigenvalue weighted by Crippen LogP contribution is 2.27. The first-order chi connectivity index (χ1) is 11.6. The average Bonchev–Trinajstić information content (AvgIpc) is 2.62. The van der Waals surface area contributed by atoms with Crippen molar-refractivity contribution in [1.82, 2.24) is 4.98 Å². The number of nitrogens with zero attached hydrogens (tertiary/aromatic N) is 3. The normalized spacial score (nSPS) is 10.6. The van der Waals surface area contributed by atoms with Gasteiger partial charge in [0, 0.05) is 47.5 Å². The van der Waals surface area contributed by atoms with Gasteiger partial charge in [0.1, 0.15) is 0 Å². The Bertz CT molecular complexity index is 859. The van der Waals surface area contributed by atoms with Crippen molar-refractivity contribution < 1.29 is 4.79 Å². The Balaban J connectivity index is 1.96. The van der Waals surface area contributed by atoms with Crippen molar-refractivity contribution in [2.24, 2.45) is 0 Å². The lowest BCUT2D eigenvalue weighted by atomic mass is 10.1. The van der Waals surface area contributed by atoms with Gasteiger partial charge in [-0.3, -0.25) is 14.8 Å². The molecule has 0 saturated carbocycles. The van der Waals surface area contributed by atoms with Crippen LogP contribution in [0.15, 0.2) is 60.9 Å². The van der Waals surface area contributed by atoms with Crippen LogP contribution in [-0.2, 0) is 0 Å². The predicted molar refractivity (Wildman–Crippen MR) is 100 cm³/mol. The molecule has 0 atom stereocenters. The Morgan fingerprint density at radius 3 is 2.58 bits per heavy atom. The van der Waals surface area contributed by atoms with E-state index in [0.717, 1.165) is 22.1 Å². The monoisotopic (exact) mass is 339 g/mol. The summed E-state index contributed by atoms with van der Waals surface area (Å²) < 4.78 is 0. The predicted octanol–water partition coefficient (Wildman–Crippen LogP) is 4.97. The van der Waals surface area contributed by atoms with Gasteiger partial charge in [0.2, 0.25) is 0 Å². The number of fused-ring (bicyclic) bond motifs is 1. The number of halogens is 1. The molecule has 24 heavy (non-hydrogen) atoms. The van der Waals surface area contributed by atoms with Crippen molar-refractivity contribution in [2.75, 3.05) is 23.4 Å². The van der Waals surface area contributed by atoms with Gasteiger partial charge in [-0.05, 0) is 43.3 Å². The topological polar surface area (TPSA) is 36.4 Å². The van der Waals surface area contributed by atoms with Crippen LogP contribution in [0.1, 0.15) is 6.92 Å². The maximum atomic E-state index is 13.0. The number of amides is 2. The van der Waals surface area contributed by atoms with Crippen molar-refractivity contribution in [3.63, 3.8) is 0 Å². The van der Waals surface area contributed by atoms with E-state index in [4.69, 9.17) is 11.6 Å². The zero-order valence-electron chi connectivity index (χ0n) is 13.6. The van der Waals surface area contributed by atoms with E-state index in [1.807, 2.05) is 43.3 Å². The van der Waals surface area contributed by atoms with Crippen LogP contribution in [-0.4, -0.2) is 24.6 Å². The van der Waals surface area contributed by atoms with Crippen LogP contribution in [0.25, 0.3) is 10.8 Å². The van der Waals surface area contributed by atoms with Gasteiger partial charge in [-0.2, -0.15) is 0 Å². The number of carbonyl (C=O) groups excluding carboxylic acids is 1. The molecule has 0 saturated heterocycles. The Morgan fingerprint density at radius 2 is 1.88 bits per heavy atom. The fourth-order valence-electron chi connectivity index (χ4n) is 2.73. The van der Waals surface area contributed by atoms with Crippen molar-refractivity contribution in [2.45, 2.75) is 6.92 Å². The third kappa shape index (κ3) is 3.05. The van der Waals surface area contributed by atoms with Crippen molar-refractivity contribution >= 4 is 39.8 Å². The summed E-state index contributed by atoms with van der Waals surface area (Å²) in [5.41, 5.74) is 1.67. The molecule has 3 rings (SSSR count). The zero-order valence-corrected chi connectivity index (χ0v) is 14.4. The van der Waals surface area contributed by atoms with Gasteiger partial charge in [0.15, 0.2) is 0 Å². The molecule has 0 unspecified atom stereocenters. The van der Waals surface area contributed by atoms with Crippen LogP contribution in [0, 0.1) is 0 Å². The van der Waals surface area contributed by atoms with Gasteiger partial charge >= 0.3 is 6.03 Å². The molecule has 1 heterocycles. The first-order valence-electron chi connectivity index (χ1n) is 7.75. The smallest absolute Gasteiger partial charge is 0.296 e. The molecule has 2 aromatic carbocycles. The molecular formula is C19H18ClN3O. The van der Waals surface area contributed by atoms with Gasteiger partial charge in [0.25, 0.3) is 0 Å². The Hall–Kier alpha value is -2.59. The number of aromatic nitrogens is 1. The number of rotatable bonds is 3. The number of anilines is 2. The van der Waals surface area contributed by atoms with E-state index in [-0.39, 0.29) is 6.03 Å². The van der Waals surface area contributed by atoms with E-state index >= 15 is 0 Å². The summed E-state index contributed by atoms with van der Waals surface area (Å²) in [4.78, 5) is 20.5. The number of hydrogen-bond donors (Lipinski definition) is 0. The van der Waals surface area contributed by atoms with Gasteiger partial charge in [-0.1, -0.05) is 23.7 Å². The minimum atomic E-state index is -0.0934. The van der Waals surface area contributed by atoms with E-state index in [1.54, 1.807) is 41.4 Å². The maximum Gasteiger partial charge on any atom is 0.328 e. The Kier molecular flexibility index (Phi) is 4.67. The van der Waals surface area contributed by atoms with Crippen molar-refractivity contribution in [3.05, 3.63) is 65.9 Å². The molecule has 0 aliphatic heterocycles. The van der Waals surface area contributed by atoms with Crippen molar-refractivity contribution in [3.8, 4) is 0 Å². The lowest BCUT2D eigenvalue weighted by molar-refractivity contribution is 0.253. The van der Waals surface area contributed by atoms with Gasteiger partial charge < -0.3 is 0 Å². The summed E-state index contributed by atoms with van der Waals surface area (Å²) in [5.74, 6) is 0. The standard InChI is InChI=1S/C19H18ClN3O/c1-3-23(16-9-7-15(20)8-10-16)19(24)22(2)18-6-4-5-14-13-21-12-11-17(14)18/h4-13H,3H2,1-2H3. The van der Waals surface area contributed by atoms with E-state index in [1.165, 1.54) is 0 Å². The summed E-state index contributed by atoms with van der Waals surface area (Å²) in [6, 6.07) is 15.0. The largest absolute Gasteiger partial charge is 0.328 e. The molecule has 0 aliphatic carbocycles. The molecule has 0 spiro atoms. The van der Waals surface area contributed by atoms with E-state index in [0.29, 0.717) is 11.6 Å². The molecular weight excluding hydrogens is 322 g/mol. The third-order valence-electron chi connectivity index (χ3n) is 3.99. The molecule has 4 nitrogen and oxygen atoms in total. The number of pyridine rings is 1. The number of hydrogen-bond acceptors (Lipinski definition) is 2. The van der Waals surface area contributed by atoms with E-state index in [2.05, 4.69) is 4.98 Å². The van der Waals surface area contributed by atoms with Crippen LogP contribution in [0.2, 0.25) is 5.02 Å². The van der Waals surface area contributed by atoms with Crippen LogP contribution < -0.4 is 9.80 Å². The second kappa shape index (κ2) is 6.89. The highest BCUT2D eigenvalue weighted by molar-refractivity contribution is 6.30. The summed E-state index contributed by atoms with van der Waals surface area (Å²) in [6.07, 6.45) is 3.54. The molecule has 122 valence electrons. The summed E-state index contributed by atoms with van der Waals surface area (Å²) in [5, 5.41) is 2.65. The minimum Gasteiger partial charge on any atom is -0.296 e. The summed E-state index contributed by atoms with van der Waals surface area (Å²) in [7, 11) is 1.79. The van der Waals surface area contributed by atoms with E-state index in [9.17, 15) is 4.79 Å². The molecule has 2 amide bonds. The Morgan fingerprint density at radius 1 is 1.12 bits per heavy atom. The number of benzene rings is 2. The average molecular weight is 340 g/mol. The molecule has 0 bridgehead atoms. The first-order valence-corrected chi connectivity index (χ1v) is 8.13. The molecule has 0 fully saturated rings. The van der Waals surface area contributed by atoms with Crippen LogP contribution in [0.5, 0.6) is 0 Å². The maximum absolute atomic E-state index is 13.0. The van der Waals surface area contributed by atoms with E-state index < -0.39 is 0 Å². The van der Waals surface area contributed by atoms with Crippen LogP contribution >= 0.6 is 11.6 Å². The van der Waals surface area contributed by atoms with Gasteiger partial charge in [-0.15, -0.1) is 0 Å². The van der Waals surface area contributed by atoms with Crippen molar-refractivity contribution in [1.29, 1.82) is 0 Å². The number of carbonyl (C=O) groups is 1. The number of urea groups is 1. The second-order valence-corrected chi connectivity index (χ2v) is 5.87. The molecule has 3 aromatic rings. The molecule has 0 radical (unpaired) electrons. The summed E-state index contributed by atoms with van der Waals surface area (Å²) >= 11 is 5.94. The minimum absolute atomic E-state index is 0.0934. The first kappa shape index (κ1) is 16.3. The zero-order chi connectivity index (χ0) is 17.1. The summed E-state index contributed by atoms with van der Waals surface area (Å²) in [6.45, 7) is 2.52. The van der Waals surface area contributed by atoms with Crippen LogP contribution in [0.3, 0.4) is 0 Å².